The maximum atomic E-state index is 12.7. The van der Waals surface area contributed by atoms with E-state index in [0.29, 0.717) is 0 Å². The molecule has 2 aromatic carbocycles. The first-order valence-corrected chi connectivity index (χ1v) is 10.4. The minimum Gasteiger partial charge on any atom is -0.507 e. The quantitative estimate of drug-likeness (QED) is 0.614. The topological polar surface area (TPSA) is 152 Å². The average Bonchev–Trinajstić information content (AvgIpc) is 2.85. The van der Waals surface area contributed by atoms with Crippen LogP contribution in [0.5, 0.6) is 23.0 Å². The molecule has 0 saturated carbocycles. The Balaban J connectivity index is 1.61. The molecule has 186 valence electrons. The fourth-order valence-electron chi connectivity index (χ4n) is 3.42. The highest BCUT2D eigenvalue weighted by molar-refractivity contribution is 5.93. The van der Waals surface area contributed by atoms with Crippen LogP contribution in [0.1, 0.15) is 27.6 Å². The maximum Gasteiger partial charge on any atom is 0.415 e. The molecular formula is C23H24N2O10. The molecule has 0 bridgehead atoms. The van der Waals surface area contributed by atoms with Gasteiger partial charge in [0.1, 0.15) is 34.1 Å². The van der Waals surface area contributed by atoms with Crippen LogP contribution in [0.3, 0.4) is 0 Å². The van der Waals surface area contributed by atoms with Crippen molar-refractivity contribution < 1.29 is 48.3 Å². The molecular weight excluding hydrogens is 464 g/mol. The van der Waals surface area contributed by atoms with Gasteiger partial charge in [-0.1, -0.05) is 0 Å². The molecule has 1 unspecified atom stereocenters. The Morgan fingerprint density at radius 3 is 1.74 bits per heavy atom. The SMILES string of the molecule is COC(=O)c1cc(OC(=O)N2CCN(C(=O)Oc3ccc(O)c(C(=O)OC)c3)C(C)C2)ccc1O. The zero-order valence-corrected chi connectivity index (χ0v) is 19.2. The summed E-state index contributed by atoms with van der Waals surface area (Å²) in [6, 6.07) is 7.02. The molecule has 1 saturated heterocycles. The van der Waals surface area contributed by atoms with E-state index in [9.17, 15) is 29.4 Å². The van der Waals surface area contributed by atoms with Crippen molar-refractivity contribution in [3.05, 3.63) is 47.5 Å². The molecule has 0 radical (unpaired) electrons. The van der Waals surface area contributed by atoms with Gasteiger partial charge in [-0.05, 0) is 43.3 Å². The van der Waals surface area contributed by atoms with E-state index in [2.05, 4.69) is 9.47 Å². The molecule has 3 rings (SSSR count). The average molecular weight is 488 g/mol. The molecule has 35 heavy (non-hydrogen) atoms. The van der Waals surface area contributed by atoms with Gasteiger partial charge in [0, 0.05) is 19.6 Å². The van der Waals surface area contributed by atoms with Crippen molar-refractivity contribution in [2.24, 2.45) is 0 Å². The van der Waals surface area contributed by atoms with Gasteiger partial charge in [-0.3, -0.25) is 0 Å². The minimum atomic E-state index is -0.784. The van der Waals surface area contributed by atoms with Crippen LogP contribution in [-0.4, -0.2) is 84.0 Å². The predicted octanol–water partition coefficient (Wildman–Crippen LogP) is 2.37. The van der Waals surface area contributed by atoms with Crippen molar-refractivity contribution in [3.63, 3.8) is 0 Å². The number of carbonyl (C=O) groups excluding carboxylic acids is 4. The molecule has 0 aromatic heterocycles. The Bertz CT molecular complexity index is 1150. The lowest BCUT2D eigenvalue weighted by molar-refractivity contribution is 0.0586. The van der Waals surface area contributed by atoms with Gasteiger partial charge in [0.05, 0.1) is 20.3 Å². The highest BCUT2D eigenvalue weighted by Crippen LogP contribution is 2.26. The van der Waals surface area contributed by atoms with E-state index in [-0.39, 0.29) is 53.8 Å². The van der Waals surface area contributed by atoms with Gasteiger partial charge >= 0.3 is 24.1 Å². The van der Waals surface area contributed by atoms with Gasteiger partial charge in [0.15, 0.2) is 0 Å². The molecule has 1 aliphatic rings. The zero-order chi connectivity index (χ0) is 25.7. The lowest BCUT2D eigenvalue weighted by Gasteiger charge is -2.38. The van der Waals surface area contributed by atoms with Crippen LogP contribution in [-0.2, 0) is 9.47 Å². The molecule has 1 fully saturated rings. The third-order valence-corrected chi connectivity index (χ3v) is 5.28. The summed E-state index contributed by atoms with van der Waals surface area (Å²) in [7, 11) is 2.32. The molecule has 2 N–H and O–H groups in total. The predicted molar refractivity (Wildman–Crippen MR) is 119 cm³/mol. The summed E-state index contributed by atoms with van der Waals surface area (Å²) in [5.41, 5.74) is -0.300. The van der Waals surface area contributed by atoms with Crippen LogP contribution in [0.15, 0.2) is 36.4 Å². The summed E-state index contributed by atoms with van der Waals surface area (Å²) in [6.07, 6.45) is -1.40. The van der Waals surface area contributed by atoms with Crippen molar-refractivity contribution >= 4 is 24.1 Å². The van der Waals surface area contributed by atoms with E-state index in [1.54, 1.807) is 6.92 Å². The second kappa shape index (κ2) is 10.6. The highest BCUT2D eigenvalue weighted by atomic mass is 16.6. The first-order valence-electron chi connectivity index (χ1n) is 10.4. The van der Waals surface area contributed by atoms with Crippen molar-refractivity contribution in [2.75, 3.05) is 33.9 Å². The third kappa shape index (κ3) is 5.72. The van der Waals surface area contributed by atoms with Crippen LogP contribution < -0.4 is 9.47 Å². The summed E-state index contributed by atoms with van der Waals surface area (Å²) in [5.74, 6) is -2.12. The normalized spacial score (nSPS) is 15.2. The van der Waals surface area contributed by atoms with Crippen LogP contribution >= 0.6 is 0 Å². The number of carbonyl (C=O) groups is 4. The van der Waals surface area contributed by atoms with E-state index >= 15 is 0 Å². The van der Waals surface area contributed by atoms with E-state index in [1.165, 1.54) is 46.2 Å². The number of hydrogen-bond acceptors (Lipinski definition) is 10. The molecule has 1 atom stereocenters. The number of ether oxygens (including phenoxy) is 4. The number of methoxy groups -OCH3 is 2. The van der Waals surface area contributed by atoms with Gasteiger partial charge in [0.2, 0.25) is 0 Å². The van der Waals surface area contributed by atoms with E-state index in [0.717, 1.165) is 14.2 Å². The van der Waals surface area contributed by atoms with Crippen molar-refractivity contribution in [2.45, 2.75) is 13.0 Å². The van der Waals surface area contributed by atoms with Gasteiger partial charge in [-0.25, -0.2) is 19.2 Å². The lowest BCUT2D eigenvalue weighted by atomic mass is 10.2. The molecule has 0 aliphatic carbocycles. The fraction of sp³-hybridized carbons (Fsp3) is 0.304. The Morgan fingerprint density at radius 1 is 0.800 bits per heavy atom. The number of amides is 2. The number of hydrogen-bond donors (Lipinski definition) is 2. The first-order chi connectivity index (χ1) is 16.6. The highest BCUT2D eigenvalue weighted by Gasteiger charge is 2.32. The van der Waals surface area contributed by atoms with Crippen molar-refractivity contribution in [1.29, 1.82) is 0 Å². The van der Waals surface area contributed by atoms with E-state index in [4.69, 9.17) is 9.47 Å². The molecule has 2 aromatic rings. The maximum absolute atomic E-state index is 12.7. The molecule has 1 aliphatic heterocycles. The van der Waals surface area contributed by atoms with E-state index < -0.39 is 30.2 Å². The van der Waals surface area contributed by atoms with Gasteiger partial charge in [-0.2, -0.15) is 0 Å². The number of benzene rings is 2. The Morgan fingerprint density at radius 2 is 1.29 bits per heavy atom. The summed E-state index contributed by atoms with van der Waals surface area (Å²) in [4.78, 5) is 51.5. The second-order valence-electron chi connectivity index (χ2n) is 7.57. The molecule has 0 spiro atoms. The summed E-state index contributed by atoms with van der Waals surface area (Å²) in [6.45, 7) is 2.13. The second-order valence-corrected chi connectivity index (χ2v) is 7.57. The van der Waals surface area contributed by atoms with Gasteiger partial charge in [0.25, 0.3) is 0 Å². The van der Waals surface area contributed by atoms with Crippen LogP contribution in [0, 0.1) is 0 Å². The zero-order valence-electron chi connectivity index (χ0n) is 19.2. The van der Waals surface area contributed by atoms with Gasteiger partial charge < -0.3 is 39.0 Å². The van der Waals surface area contributed by atoms with Crippen molar-refractivity contribution in [1.82, 2.24) is 9.80 Å². The number of aromatic hydroxyl groups is 2. The Labute approximate surface area is 200 Å². The molecule has 2 amide bonds. The van der Waals surface area contributed by atoms with Crippen LogP contribution in [0.2, 0.25) is 0 Å². The molecule has 12 nitrogen and oxygen atoms in total. The van der Waals surface area contributed by atoms with E-state index in [1.807, 2.05) is 0 Å². The number of phenolic OH excluding ortho intramolecular Hbond substituents is 2. The largest absolute Gasteiger partial charge is 0.507 e. The van der Waals surface area contributed by atoms with Crippen LogP contribution in [0.25, 0.3) is 0 Å². The lowest BCUT2D eigenvalue weighted by Crippen LogP contribution is -2.56. The summed E-state index contributed by atoms with van der Waals surface area (Å²) in [5, 5.41) is 19.6. The first kappa shape index (κ1) is 25.1. The third-order valence-electron chi connectivity index (χ3n) is 5.28. The number of piperazine rings is 1. The van der Waals surface area contributed by atoms with Gasteiger partial charge in [-0.15, -0.1) is 0 Å². The number of phenols is 2. The minimum absolute atomic E-state index is 0.0379. The monoisotopic (exact) mass is 488 g/mol. The number of esters is 2. The standard InChI is InChI=1S/C23H24N2O10/c1-13-12-24(22(30)34-14-4-6-18(26)16(10-14)20(28)32-2)8-9-25(13)23(31)35-15-5-7-19(27)17(11-15)21(29)33-3/h4-7,10-11,13,26-27H,8-9,12H2,1-3H3. The summed E-state index contributed by atoms with van der Waals surface area (Å²) < 4.78 is 19.8. The summed E-state index contributed by atoms with van der Waals surface area (Å²) >= 11 is 0. The number of rotatable bonds is 4. The smallest absolute Gasteiger partial charge is 0.415 e. The Kier molecular flexibility index (Phi) is 7.64. The van der Waals surface area contributed by atoms with Crippen LogP contribution in [0.4, 0.5) is 9.59 Å². The molecule has 1 heterocycles. The molecule has 12 heteroatoms. The fourth-order valence-corrected chi connectivity index (χ4v) is 3.42. The Hall–Kier alpha value is -4.48. The number of nitrogens with zero attached hydrogens (tertiary/aromatic N) is 2. The van der Waals surface area contributed by atoms with Crippen molar-refractivity contribution in [3.8, 4) is 23.0 Å².